The lowest BCUT2D eigenvalue weighted by atomic mass is 10.3. The van der Waals surface area contributed by atoms with E-state index >= 15 is 0 Å². The molecule has 0 atom stereocenters. The molecule has 7 heteroatoms. The van der Waals surface area contributed by atoms with Crippen molar-refractivity contribution in [2.24, 2.45) is 0 Å². The van der Waals surface area contributed by atoms with Gasteiger partial charge in [0.2, 0.25) is 12.3 Å². The Kier molecular flexibility index (Phi) is 3.94. The van der Waals surface area contributed by atoms with Gasteiger partial charge in [0.15, 0.2) is 0 Å². The molecule has 2 heterocycles. The van der Waals surface area contributed by atoms with Gasteiger partial charge >= 0.3 is 0 Å². The first-order valence-electron chi connectivity index (χ1n) is 6.10. The fourth-order valence-corrected chi connectivity index (χ4v) is 1.96. The Morgan fingerprint density at radius 2 is 2.05 bits per heavy atom. The lowest BCUT2D eigenvalue weighted by Gasteiger charge is -2.32. The van der Waals surface area contributed by atoms with Crippen LogP contribution in [0.4, 0.5) is 0 Å². The summed E-state index contributed by atoms with van der Waals surface area (Å²) in [4.78, 5) is 41.5. The molecule has 2 amide bonds. The van der Waals surface area contributed by atoms with Crippen LogP contribution in [0.5, 0.6) is 0 Å². The van der Waals surface area contributed by atoms with Crippen molar-refractivity contribution >= 4 is 12.3 Å². The quantitative estimate of drug-likeness (QED) is 0.646. The number of nitrogens with zero attached hydrogens (tertiary/aromatic N) is 4. The predicted molar refractivity (Wildman–Crippen MR) is 67.5 cm³/mol. The summed E-state index contributed by atoms with van der Waals surface area (Å²) in [7, 11) is 0. The number of carbonyl (C=O) groups excluding carboxylic acids is 2. The second-order valence-corrected chi connectivity index (χ2v) is 4.52. The average Bonchev–Trinajstić information content (AvgIpc) is 2.42. The number of rotatable bonds is 3. The molecule has 1 aromatic rings. The second-order valence-electron chi connectivity index (χ2n) is 4.52. The van der Waals surface area contributed by atoms with Crippen molar-refractivity contribution in [3.05, 3.63) is 28.4 Å². The van der Waals surface area contributed by atoms with Crippen LogP contribution in [0.3, 0.4) is 0 Å². The van der Waals surface area contributed by atoms with Crippen molar-refractivity contribution in [1.29, 1.82) is 0 Å². The predicted octanol–water partition coefficient (Wildman–Crippen LogP) is -1.15. The molecule has 0 aromatic carbocycles. The van der Waals surface area contributed by atoms with Crippen molar-refractivity contribution in [3.63, 3.8) is 0 Å². The fraction of sp³-hybridized carbons (Fsp3) is 0.500. The van der Waals surface area contributed by atoms with Crippen LogP contribution in [0.15, 0.2) is 17.2 Å². The molecule has 1 saturated heterocycles. The number of amides is 2. The van der Waals surface area contributed by atoms with E-state index in [1.165, 1.54) is 17.0 Å². The molecule has 2 rings (SSSR count). The van der Waals surface area contributed by atoms with Gasteiger partial charge in [0.25, 0.3) is 5.56 Å². The minimum Gasteiger partial charge on any atom is -0.342 e. The lowest BCUT2D eigenvalue weighted by molar-refractivity contribution is -0.135. The van der Waals surface area contributed by atoms with Crippen molar-refractivity contribution in [2.45, 2.75) is 13.5 Å². The number of aryl methyl sites for hydroxylation is 1. The van der Waals surface area contributed by atoms with Crippen molar-refractivity contribution in [3.8, 4) is 0 Å². The Labute approximate surface area is 110 Å². The lowest BCUT2D eigenvalue weighted by Crippen LogP contribution is -2.49. The zero-order chi connectivity index (χ0) is 13.8. The Balaban J connectivity index is 1.98. The summed E-state index contributed by atoms with van der Waals surface area (Å²) in [6.07, 6.45) is 2.17. The topological polar surface area (TPSA) is 75.5 Å². The van der Waals surface area contributed by atoms with Crippen molar-refractivity contribution in [1.82, 2.24) is 19.4 Å². The molecule has 0 saturated carbocycles. The summed E-state index contributed by atoms with van der Waals surface area (Å²) in [5.41, 5.74) is 0.403. The number of piperazine rings is 1. The normalized spacial score (nSPS) is 15.4. The van der Waals surface area contributed by atoms with Crippen molar-refractivity contribution in [2.75, 3.05) is 26.2 Å². The van der Waals surface area contributed by atoms with E-state index in [1.54, 1.807) is 16.7 Å². The number of aromatic nitrogens is 2. The zero-order valence-corrected chi connectivity index (χ0v) is 10.8. The highest BCUT2D eigenvalue weighted by molar-refractivity contribution is 5.76. The van der Waals surface area contributed by atoms with Crippen LogP contribution in [0.2, 0.25) is 0 Å². The van der Waals surface area contributed by atoms with E-state index in [1.807, 2.05) is 0 Å². The first-order valence-corrected chi connectivity index (χ1v) is 6.10. The van der Waals surface area contributed by atoms with Crippen LogP contribution in [-0.2, 0) is 16.1 Å². The monoisotopic (exact) mass is 264 g/mol. The number of hydrogen-bond acceptors (Lipinski definition) is 4. The van der Waals surface area contributed by atoms with E-state index in [2.05, 4.69) is 4.98 Å². The van der Waals surface area contributed by atoms with Gasteiger partial charge in [0.05, 0.1) is 6.33 Å². The Bertz CT molecular complexity index is 532. The third-order valence-corrected chi connectivity index (χ3v) is 3.14. The summed E-state index contributed by atoms with van der Waals surface area (Å²) < 4.78 is 1.29. The molecule has 0 aliphatic carbocycles. The summed E-state index contributed by atoms with van der Waals surface area (Å²) in [5, 5.41) is 0. The van der Waals surface area contributed by atoms with Gasteiger partial charge in [-0.15, -0.1) is 0 Å². The SMILES string of the molecule is Cc1cc(=O)n(CC(=O)N2CCN(C=O)CC2)cn1. The molecule has 102 valence electrons. The van der Waals surface area contributed by atoms with Crippen molar-refractivity contribution < 1.29 is 9.59 Å². The van der Waals surface area contributed by atoms with Gasteiger partial charge in [0, 0.05) is 37.9 Å². The molecule has 1 fully saturated rings. The maximum absolute atomic E-state index is 12.0. The standard InChI is InChI=1S/C12H16N4O3/c1-10-6-11(18)16(8-13-10)7-12(19)15-4-2-14(9-17)3-5-15/h6,8-9H,2-5,7H2,1H3. The van der Waals surface area contributed by atoms with Gasteiger partial charge in [-0.1, -0.05) is 0 Å². The summed E-state index contributed by atoms with van der Waals surface area (Å²) in [6, 6.07) is 1.40. The number of carbonyl (C=O) groups is 2. The Morgan fingerprint density at radius 1 is 1.37 bits per heavy atom. The van der Waals surface area contributed by atoms with Gasteiger partial charge in [-0.25, -0.2) is 4.98 Å². The van der Waals surface area contributed by atoms with Gasteiger partial charge in [0.1, 0.15) is 6.54 Å². The van der Waals surface area contributed by atoms with Gasteiger partial charge < -0.3 is 9.80 Å². The maximum atomic E-state index is 12.0. The molecule has 0 spiro atoms. The molecule has 1 aromatic heterocycles. The Morgan fingerprint density at radius 3 is 2.63 bits per heavy atom. The van der Waals surface area contributed by atoms with E-state index in [-0.39, 0.29) is 18.0 Å². The Hall–Kier alpha value is -2.18. The van der Waals surface area contributed by atoms with Crippen LogP contribution in [0.1, 0.15) is 5.69 Å². The molecule has 1 aliphatic rings. The summed E-state index contributed by atoms with van der Waals surface area (Å²) in [5.74, 6) is -0.127. The molecular formula is C12H16N4O3. The third-order valence-electron chi connectivity index (χ3n) is 3.14. The van der Waals surface area contributed by atoms with Gasteiger partial charge in [-0.3, -0.25) is 19.0 Å². The minimum absolute atomic E-state index is 0.00674. The van der Waals surface area contributed by atoms with E-state index in [0.717, 1.165) is 6.41 Å². The van der Waals surface area contributed by atoms with E-state index in [9.17, 15) is 14.4 Å². The second kappa shape index (κ2) is 5.64. The molecule has 0 unspecified atom stereocenters. The molecule has 19 heavy (non-hydrogen) atoms. The number of hydrogen-bond donors (Lipinski definition) is 0. The van der Waals surface area contributed by atoms with Gasteiger partial charge in [-0.05, 0) is 6.92 Å². The first-order chi connectivity index (χ1) is 9.10. The van der Waals surface area contributed by atoms with Crippen LogP contribution < -0.4 is 5.56 Å². The molecule has 1 aliphatic heterocycles. The van der Waals surface area contributed by atoms with Crippen LogP contribution in [0.25, 0.3) is 0 Å². The molecule has 0 N–H and O–H groups in total. The highest BCUT2D eigenvalue weighted by Crippen LogP contribution is 2.01. The van der Waals surface area contributed by atoms with E-state index in [0.29, 0.717) is 31.9 Å². The molecule has 0 bridgehead atoms. The summed E-state index contributed by atoms with van der Waals surface area (Å²) >= 11 is 0. The molecular weight excluding hydrogens is 248 g/mol. The third kappa shape index (κ3) is 3.18. The minimum atomic E-state index is -0.229. The van der Waals surface area contributed by atoms with E-state index in [4.69, 9.17) is 0 Å². The highest BCUT2D eigenvalue weighted by Gasteiger charge is 2.20. The largest absolute Gasteiger partial charge is 0.342 e. The van der Waals surface area contributed by atoms with Gasteiger partial charge in [-0.2, -0.15) is 0 Å². The summed E-state index contributed by atoms with van der Waals surface area (Å²) in [6.45, 7) is 3.81. The molecule has 7 nitrogen and oxygen atoms in total. The van der Waals surface area contributed by atoms with Crippen LogP contribution in [-0.4, -0.2) is 57.8 Å². The highest BCUT2D eigenvalue weighted by atomic mass is 16.2. The van der Waals surface area contributed by atoms with Crippen LogP contribution >= 0.6 is 0 Å². The van der Waals surface area contributed by atoms with E-state index < -0.39 is 0 Å². The maximum Gasteiger partial charge on any atom is 0.253 e. The van der Waals surface area contributed by atoms with Crippen LogP contribution in [0, 0.1) is 6.92 Å². The molecule has 0 radical (unpaired) electrons. The average molecular weight is 264 g/mol. The fourth-order valence-electron chi connectivity index (χ4n) is 1.96. The smallest absolute Gasteiger partial charge is 0.253 e. The first kappa shape index (κ1) is 13.3. The zero-order valence-electron chi connectivity index (χ0n) is 10.8.